The van der Waals surface area contributed by atoms with Crippen molar-refractivity contribution in [1.29, 1.82) is 0 Å². The Labute approximate surface area is 204 Å². The van der Waals surface area contributed by atoms with Gasteiger partial charge in [-0.25, -0.2) is 9.18 Å². The zero-order chi connectivity index (χ0) is 25.1. The van der Waals surface area contributed by atoms with E-state index in [4.69, 9.17) is 5.73 Å². The number of halogens is 1. The average Bonchev–Trinajstić information content (AvgIpc) is 2.80. The molecule has 1 heterocycles. The lowest BCUT2D eigenvalue weighted by atomic mass is 9.91. The van der Waals surface area contributed by atoms with Crippen molar-refractivity contribution >= 4 is 34.9 Å². The predicted molar refractivity (Wildman–Crippen MR) is 134 cm³/mol. The van der Waals surface area contributed by atoms with Crippen molar-refractivity contribution in [2.45, 2.75) is 64.1 Å². The molecule has 5 N–H and O–H groups in total. The highest BCUT2D eigenvalue weighted by atomic mass is 19.1. The Hall–Kier alpha value is -3.46. The summed E-state index contributed by atoms with van der Waals surface area (Å²) in [6, 6.07) is 8.96. The monoisotopic (exact) mass is 481 g/mol. The molecule has 2 aromatic carbocycles. The summed E-state index contributed by atoms with van der Waals surface area (Å²) in [6.07, 6.45) is 4.22. The van der Waals surface area contributed by atoms with Gasteiger partial charge in [-0.15, -0.1) is 0 Å². The van der Waals surface area contributed by atoms with Crippen LogP contribution in [-0.2, 0) is 4.79 Å². The first-order chi connectivity index (χ1) is 16.7. The minimum Gasteiger partial charge on any atom is -0.348 e. The number of carbonyl (C=O) groups is 3. The number of rotatable bonds is 5. The minimum atomic E-state index is -0.754. The van der Waals surface area contributed by atoms with Crippen LogP contribution in [0.15, 0.2) is 42.5 Å². The Balaban J connectivity index is 1.61. The number of nitrogens with zero attached hydrogens (tertiary/aromatic N) is 1. The highest BCUT2D eigenvalue weighted by molar-refractivity contribution is 6.15. The summed E-state index contributed by atoms with van der Waals surface area (Å²) in [5.41, 5.74) is 7.65. The molecule has 4 amide bonds. The number of anilines is 3. The van der Waals surface area contributed by atoms with Crippen molar-refractivity contribution in [3.8, 4) is 0 Å². The first kappa shape index (κ1) is 24.7. The number of urea groups is 1. The van der Waals surface area contributed by atoms with E-state index in [-0.39, 0.29) is 35.5 Å². The summed E-state index contributed by atoms with van der Waals surface area (Å²) < 4.78 is 13.6. The molecule has 0 bridgehead atoms. The number of fused-ring (bicyclic) bond motifs is 1. The molecule has 0 saturated heterocycles. The summed E-state index contributed by atoms with van der Waals surface area (Å²) in [5, 5.41) is 8.55. The van der Waals surface area contributed by atoms with Crippen molar-refractivity contribution in [3.05, 3.63) is 53.8 Å². The van der Waals surface area contributed by atoms with E-state index in [2.05, 4.69) is 16.0 Å². The van der Waals surface area contributed by atoms with E-state index in [1.807, 2.05) is 13.8 Å². The van der Waals surface area contributed by atoms with Crippen molar-refractivity contribution in [2.75, 3.05) is 15.5 Å². The molecular weight excluding hydrogens is 449 g/mol. The van der Waals surface area contributed by atoms with E-state index in [1.165, 1.54) is 23.1 Å². The number of nitrogens with one attached hydrogen (secondary N) is 3. The summed E-state index contributed by atoms with van der Waals surface area (Å²) in [5.74, 6) is -0.954. The standard InChI is InChI=1S/C26H32FN5O3/c1-15(2)12-23-25(34)31-21-13-16(24(33)30-20-9-4-3-8-19(20)28)10-11-22(21)32(23)26(35)29-18-7-5-6-17(27)14-18/h5-7,10-11,13-15,19-20,23H,3-4,8-9,12,28H2,1-2H3,(H,29,35)(H,30,33)(H,31,34). The van der Waals surface area contributed by atoms with Gasteiger partial charge in [-0.2, -0.15) is 0 Å². The fourth-order valence-electron chi connectivity index (χ4n) is 4.74. The minimum absolute atomic E-state index is 0.0798. The molecule has 186 valence electrons. The number of nitrogens with two attached hydrogens (primary N) is 1. The third-order valence-electron chi connectivity index (χ3n) is 6.52. The van der Waals surface area contributed by atoms with Gasteiger partial charge in [-0.05, 0) is 61.6 Å². The van der Waals surface area contributed by atoms with Gasteiger partial charge in [0.25, 0.3) is 5.91 Å². The van der Waals surface area contributed by atoms with Gasteiger partial charge in [0.2, 0.25) is 5.91 Å². The number of carbonyl (C=O) groups excluding carboxylic acids is 3. The fourth-order valence-corrected chi connectivity index (χ4v) is 4.74. The van der Waals surface area contributed by atoms with Gasteiger partial charge in [0, 0.05) is 23.3 Å². The lowest BCUT2D eigenvalue weighted by molar-refractivity contribution is -0.117. The highest BCUT2D eigenvalue weighted by Gasteiger charge is 2.38. The van der Waals surface area contributed by atoms with E-state index in [9.17, 15) is 18.8 Å². The highest BCUT2D eigenvalue weighted by Crippen LogP contribution is 2.35. The van der Waals surface area contributed by atoms with E-state index in [0.29, 0.717) is 23.4 Å². The molecule has 3 unspecified atom stereocenters. The largest absolute Gasteiger partial charge is 0.348 e. The van der Waals surface area contributed by atoms with Crippen LogP contribution in [0.2, 0.25) is 0 Å². The summed E-state index contributed by atoms with van der Waals surface area (Å²) in [6.45, 7) is 3.93. The molecule has 1 aliphatic heterocycles. The van der Waals surface area contributed by atoms with Crippen LogP contribution in [0.1, 0.15) is 56.3 Å². The topological polar surface area (TPSA) is 117 Å². The maximum atomic E-state index is 13.6. The maximum absolute atomic E-state index is 13.6. The first-order valence-corrected chi connectivity index (χ1v) is 12.1. The van der Waals surface area contributed by atoms with Crippen LogP contribution in [0.3, 0.4) is 0 Å². The second-order valence-corrected chi connectivity index (χ2v) is 9.71. The van der Waals surface area contributed by atoms with Crippen LogP contribution >= 0.6 is 0 Å². The molecule has 4 rings (SSSR count). The van der Waals surface area contributed by atoms with E-state index >= 15 is 0 Å². The number of hydrogen-bond acceptors (Lipinski definition) is 4. The molecule has 3 atom stereocenters. The number of benzene rings is 2. The lowest BCUT2D eigenvalue weighted by Crippen LogP contribution is -2.53. The molecule has 0 aromatic heterocycles. The van der Waals surface area contributed by atoms with Crippen molar-refractivity contribution in [2.24, 2.45) is 11.7 Å². The Morgan fingerprint density at radius 3 is 2.66 bits per heavy atom. The molecule has 1 aliphatic carbocycles. The molecular formula is C26H32FN5O3. The molecule has 8 nitrogen and oxygen atoms in total. The Bertz CT molecular complexity index is 1120. The van der Waals surface area contributed by atoms with E-state index in [0.717, 1.165) is 25.7 Å². The smallest absolute Gasteiger partial charge is 0.327 e. The van der Waals surface area contributed by atoms with Gasteiger partial charge in [-0.1, -0.05) is 32.8 Å². The second-order valence-electron chi connectivity index (χ2n) is 9.71. The second kappa shape index (κ2) is 10.4. The van der Waals surface area contributed by atoms with Crippen LogP contribution in [0.25, 0.3) is 0 Å². The van der Waals surface area contributed by atoms with Crippen molar-refractivity contribution in [3.63, 3.8) is 0 Å². The molecule has 0 spiro atoms. The molecule has 1 fully saturated rings. The van der Waals surface area contributed by atoms with Gasteiger partial charge in [0.05, 0.1) is 11.4 Å². The van der Waals surface area contributed by atoms with Gasteiger partial charge in [0.15, 0.2) is 0 Å². The molecule has 9 heteroatoms. The van der Waals surface area contributed by atoms with E-state index in [1.54, 1.807) is 24.3 Å². The molecule has 2 aromatic rings. The quantitative estimate of drug-likeness (QED) is 0.511. The third kappa shape index (κ3) is 5.62. The van der Waals surface area contributed by atoms with Crippen LogP contribution in [0.5, 0.6) is 0 Å². The Morgan fingerprint density at radius 2 is 1.94 bits per heavy atom. The van der Waals surface area contributed by atoms with Gasteiger partial charge in [0.1, 0.15) is 11.9 Å². The van der Waals surface area contributed by atoms with Crippen molar-refractivity contribution in [1.82, 2.24) is 5.32 Å². The van der Waals surface area contributed by atoms with E-state index < -0.39 is 17.9 Å². The van der Waals surface area contributed by atoms with Crippen LogP contribution in [-0.4, -0.2) is 36.0 Å². The maximum Gasteiger partial charge on any atom is 0.327 e. The zero-order valence-electron chi connectivity index (χ0n) is 20.0. The van der Waals surface area contributed by atoms with Gasteiger partial charge in [-0.3, -0.25) is 14.5 Å². The average molecular weight is 482 g/mol. The molecule has 0 radical (unpaired) electrons. The first-order valence-electron chi connectivity index (χ1n) is 12.1. The number of amides is 4. The van der Waals surface area contributed by atoms with Crippen LogP contribution in [0, 0.1) is 11.7 Å². The van der Waals surface area contributed by atoms with Gasteiger partial charge >= 0.3 is 6.03 Å². The van der Waals surface area contributed by atoms with Gasteiger partial charge < -0.3 is 21.7 Å². The third-order valence-corrected chi connectivity index (χ3v) is 6.52. The summed E-state index contributed by atoms with van der Waals surface area (Å²) >= 11 is 0. The normalized spacial score (nSPS) is 21.8. The predicted octanol–water partition coefficient (Wildman–Crippen LogP) is 4.23. The summed E-state index contributed by atoms with van der Waals surface area (Å²) in [7, 11) is 0. The number of hydrogen-bond donors (Lipinski definition) is 4. The zero-order valence-corrected chi connectivity index (χ0v) is 20.0. The SMILES string of the molecule is CC(C)CC1C(=O)Nc2cc(C(=O)NC3CCCCC3N)ccc2N1C(=O)Nc1cccc(F)c1. The van der Waals surface area contributed by atoms with Crippen LogP contribution in [0.4, 0.5) is 26.2 Å². The van der Waals surface area contributed by atoms with Crippen molar-refractivity contribution < 1.29 is 18.8 Å². The fraction of sp³-hybridized carbons (Fsp3) is 0.423. The summed E-state index contributed by atoms with van der Waals surface area (Å²) in [4.78, 5) is 40.7. The lowest BCUT2D eigenvalue weighted by Gasteiger charge is -2.37. The van der Waals surface area contributed by atoms with Crippen LogP contribution < -0.4 is 26.6 Å². The Kier molecular flexibility index (Phi) is 7.35. The Morgan fingerprint density at radius 1 is 1.17 bits per heavy atom. The molecule has 35 heavy (non-hydrogen) atoms. The molecule has 2 aliphatic rings. The molecule has 1 saturated carbocycles.